The molecule has 0 aromatic heterocycles. The second-order valence-electron chi connectivity index (χ2n) is 11.1. The molecule has 2 atom stereocenters. The van der Waals surface area contributed by atoms with Gasteiger partial charge in [-0.15, -0.1) is 0 Å². The van der Waals surface area contributed by atoms with E-state index in [2.05, 4.69) is 0 Å². The number of ether oxygens (including phenoxy) is 3. The second kappa shape index (κ2) is 12.7. The molecule has 1 amide bonds. The van der Waals surface area contributed by atoms with Crippen LogP contribution in [0.2, 0.25) is 0 Å². The molecule has 1 aliphatic heterocycles. The summed E-state index contributed by atoms with van der Waals surface area (Å²) >= 11 is 0. The van der Waals surface area contributed by atoms with Crippen LogP contribution in [-0.2, 0) is 28.1 Å². The summed E-state index contributed by atoms with van der Waals surface area (Å²) in [6, 6.07) is 26.0. The van der Waals surface area contributed by atoms with E-state index in [1.807, 2.05) is 90.7 Å². The number of carbonyl (C=O) groups is 1. The summed E-state index contributed by atoms with van der Waals surface area (Å²) in [5.41, 5.74) is 2.80. The molecular formula is C33H41NO5. The van der Waals surface area contributed by atoms with Crippen molar-refractivity contribution in [2.24, 2.45) is 0 Å². The Hall–Kier alpha value is -3.35. The van der Waals surface area contributed by atoms with E-state index < -0.39 is 11.2 Å². The van der Waals surface area contributed by atoms with Crippen molar-refractivity contribution in [3.8, 4) is 5.75 Å². The van der Waals surface area contributed by atoms with Crippen molar-refractivity contribution in [3.63, 3.8) is 0 Å². The molecule has 4 rings (SSSR count). The first kappa shape index (κ1) is 28.7. The number of methoxy groups -OCH3 is 1. The van der Waals surface area contributed by atoms with Crippen LogP contribution in [0, 0.1) is 0 Å². The van der Waals surface area contributed by atoms with E-state index in [0.717, 1.165) is 34.4 Å². The summed E-state index contributed by atoms with van der Waals surface area (Å²) in [4.78, 5) is 15.2. The van der Waals surface area contributed by atoms with Gasteiger partial charge in [0, 0.05) is 26.0 Å². The molecule has 1 saturated heterocycles. The molecule has 1 unspecified atom stereocenters. The fourth-order valence-electron chi connectivity index (χ4n) is 5.25. The van der Waals surface area contributed by atoms with Gasteiger partial charge in [-0.25, -0.2) is 4.79 Å². The fourth-order valence-corrected chi connectivity index (χ4v) is 5.25. The standard InChI is InChI=1S/C33H41NO5/c1-25(28-15-11-26(12-16-28)23-32(2,3)36)34-21-20-33(39-31(34)35,29-9-6-5-7-10-29)19-8-22-38-24-27-13-17-30(37-4)18-14-27/h5-7,9-18,25,36H,8,19-24H2,1-4H3/t25-,33?/m0/s1. The minimum absolute atomic E-state index is 0.115. The maximum absolute atomic E-state index is 13.4. The monoisotopic (exact) mass is 531 g/mol. The van der Waals surface area contributed by atoms with Crippen molar-refractivity contribution in [3.05, 3.63) is 101 Å². The number of nitrogens with zero attached hydrogens (tertiary/aromatic N) is 1. The SMILES string of the molecule is COc1ccc(COCCCC2(c3ccccc3)CCN([C@@H](C)c3ccc(CC(C)(C)O)cc3)C(=O)O2)cc1. The molecule has 208 valence electrons. The average molecular weight is 532 g/mol. The Bertz CT molecular complexity index is 1190. The van der Waals surface area contributed by atoms with E-state index in [1.54, 1.807) is 21.0 Å². The van der Waals surface area contributed by atoms with E-state index in [4.69, 9.17) is 14.2 Å². The van der Waals surface area contributed by atoms with Crippen molar-refractivity contribution in [1.82, 2.24) is 4.90 Å². The molecule has 3 aromatic carbocycles. The lowest BCUT2D eigenvalue weighted by Gasteiger charge is -2.43. The van der Waals surface area contributed by atoms with Gasteiger partial charge in [-0.3, -0.25) is 0 Å². The molecule has 0 bridgehead atoms. The minimum Gasteiger partial charge on any atom is -0.497 e. The van der Waals surface area contributed by atoms with Crippen LogP contribution in [0.4, 0.5) is 4.79 Å². The summed E-state index contributed by atoms with van der Waals surface area (Å²) in [5.74, 6) is 0.828. The van der Waals surface area contributed by atoms with Gasteiger partial charge >= 0.3 is 6.09 Å². The van der Waals surface area contributed by atoms with Gasteiger partial charge in [-0.2, -0.15) is 0 Å². The number of benzene rings is 3. The Morgan fingerprint density at radius 1 is 1.00 bits per heavy atom. The Morgan fingerprint density at radius 2 is 1.67 bits per heavy atom. The number of aliphatic hydroxyl groups is 1. The van der Waals surface area contributed by atoms with Crippen LogP contribution in [0.15, 0.2) is 78.9 Å². The molecule has 6 nitrogen and oxygen atoms in total. The minimum atomic E-state index is -0.759. The third kappa shape index (κ3) is 7.61. The summed E-state index contributed by atoms with van der Waals surface area (Å²) in [6.45, 7) is 7.36. The van der Waals surface area contributed by atoms with E-state index in [9.17, 15) is 9.90 Å². The van der Waals surface area contributed by atoms with Gasteiger partial charge in [0.25, 0.3) is 0 Å². The summed E-state index contributed by atoms with van der Waals surface area (Å²) in [6.07, 6.45) is 2.46. The van der Waals surface area contributed by atoms with Crippen LogP contribution < -0.4 is 4.74 Å². The van der Waals surface area contributed by atoms with Gasteiger partial charge in [-0.1, -0.05) is 66.7 Å². The third-order valence-electron chi connectivity index (χ3n) is 7.44. The van der Waals surface area contributed by atoms with Gasteiger partial charge in [0.05, 0.1) is 25.4 Å². The highest BCUT2D eigenvalue weighted by molar-refractivity contribution is 5.70. The van der Waals surface area contributed by atoms with Gasteiger partial charge in [-0.05, 0) is 68.0 Å². The summed E-state index contributed by atoms with van der Waals surface area (Å²) in [7, 11) is 1.66. The first-order chi connectivity index (χ1) is 18.7. The zero-order chi connectivity index (χ0) is 27.9. The van der Waals surface area contributed by atoms with E-state index in [0.29, 0.717) is 39.0 Å². The Kier molecular flexibility index (Phi) is 9.31. The predicted molar refractivity (Wildman–Crippen MR) is 153 cm³/mol. The molecule has 1 heterocycles. The predicted octanol–water partition coefficient (Wildman–Crippen LogP) is 6.80. The summed E-state index contributed by atoms with van der Waals surface area (Å²) < 4.78 is 17.4. The van der Waals surface area contributed by atoms with E-state index >= 15 is 0 Å². The lowest BCUT2D eigenvalue weighted by Crippen LogP contribution is -2.48. The lowest BCUT2D eigenvalue weighted by atomic mass is 9.84. The molecule has 1 fully saturated rings. The number of hydrogen-bond acceptors (Lipinski definition) is 5. The van der Waals surface area contributed by atoms with Crippen LogP contribution in [0.25, 0.3) is 0 Å². The lowest BCUT2D eigenvalue weighted by molar-refractivity contribution is -0.0695. The van der Waals surface area contributed by atoms with Gasteiger partial charge in [0.1, 0.15) is 11.4 Å². The Morgan fingerprint density at radius 3 is 2.28 bits per heavy atom. The number of rotatable bonds is 12. The maximum atomic E-state index is 13.4. The highest BCUT2D eigenvalue weighted by Gasteiger charge is 2.43. The molecular weight excluding hydrogens is 490 g/mol. The molecule has 39 heavy (non-hydrogen) atoms. The Balaban J connectivity index is 1.37. The molecule has 6 heteroatoms. The number of amides is 1. The zero-order valence-corrected chi connectivity index (χ0v) is 23.6. The highest BCUT2D eigenvalue weighted by Crippen LogP contribution is 2.40. The quantitative estimate of drug-likeness (QED) is 0.260. The average Bonchev–Trinajstić information content (AvgIpc) is 2.93. The summed E-state index contributed by atoms with van der Waals surface area (Å²) in [5, 5.41) is 10.1. The van der Waals surface area contributed by atoms with E-state index in [1.165, 1.54) is 0 Å². The molecule has 0 aliphatic carbocycles. The molecule has 0 radical (unpaired) electrons. The number of hydrogen-bond donors (Lipinski definition) is 1. The van der Waals surface area contributed by atoms with Gasteiger partial charge in [0.15, 0.2) is 0 Å². The van der Waals surface area contributed by atoms with Gasteiger partial charge in [0.2, 0.25) is 0 Å². The fraction of sp³-hybridized carbons (Fsp3) is 0.424. The third-order valence-corrected chi connectivity index (χ3v) is 7.44. The van der Waals surface area contributed by atoms with Crippen LogP contribution in [0.5, 0.6) is 5.75 Å². The van der Waals surface area contributed by atoms with Crippen molar-refractivity contribution in [1.29, 1.82) is 0 Å². The van der Waals surface area contributed by atoms with Crippen LogP contribution in [0.3, 0.4) is 0 Å². The van der Waals surface area contributed by atoms with Crippen molar-refractivity contribution < 1.29 is 24.1 Å². The number of cyclic esters (lactones) is 1. The van der Waals surface area contributed by atoms with Crippen LogP contribution >= 0.6 is 0 Å². The molecule has 3 aromatic rings. The molecule has 1 N–H and O–H groups in total. The van der Waals surface area contributed by atoms with Crippen LogP contribution in [-0.4, -0.2) is 42.0 Å². The second-order valence-corrected chi connectivity index (χ2v) is 11.1. The van der Waals surface area contributed by atoms with Gasteiger partial charge < -0.3 is 24.2 Å². The molecule has 0 spiro atoms. The Labute approximate surface area is 232 Å². The zero-order valence-electron chi connectivity index (χ0n) is 23.6. The topological polar surface area (TPSA) is 68.2 Å². The maximum Gasteiger partial charge on any atom is 0.411 e. The first-order valence-corrected chi connectivity index (χ1v) is 13.8. The normalized spacial score (nSPS) is 18.5. The molecule has 0 saturated carbocycles. The van der Waals surface area contributed by atoms with E-state index in [-0.39, 0.29) is 12.1 Å². The largest absolute Gasteiger partial charge is 0.497 e. The highest BCUT2D eigenvalue weighted by atomic mass is 16.6. The van der Waals surface area contributed by atoms with Crippen molar-refractivity contribution in [2.75, 3.05) is 20.3 Å². The van der Waals surface area contributed by atoms with Crippen molar-refractivity contribution >= 4 is 6.09 Å². The van der Waals surface area contributed by atoms with Crippen LogP contribution in [0.1, 0.15) is 68.3 Å². The number of carbonyl (C=O) groups excluding carboxylic acids is 1. The molecule has 1 aliphatic rings. The first-order valence-electron chi connectivity index (χ1n) is 13.8. The smallest absolute Gasteiger partial charge is 0.411 e. The van der Waals surface area contributed by atoms with Crippen molar-refractivity contribution in [2.45, 2.75) is 70.3 Å².